The van der Waals surface area contributed by atoms with E-state index in [-0.39, 0.29) is 22.9 Å². The van der Waals surface area contributed by atoms with E-state index in [9.17, 15) is 13.6 Å². The number of fused-ring (bicyclic) bond motifs is 1. The lowest BCUT2D eigenvalue weighted by Gasteiger charge is -2.29. The van der Waals surface area contributed by atoms with E-state index in [0.717, 1.165) is 10.6 Å². The zero-order valence-electron chi connectivity index (χ0n) is 17.7. The van der Waals surface area contributed by atoms with Crippen molar-refractivity contribution in [1.82, 2.24) is 15.0 Å². The average molecular weight is 472 g/mol. The van der Waals surface area contributed by atoms with Gasteiger partial charge in [0, 0.05) is 41.0 Å². The quantitative estimate of drug-likeness (QED) is 0.461. The summed E-state index contributed by atoms with van der Waals surface area (Å²) >= 11 is 1.36. The molecule has 170 valence electrons. The summed E-state index contributed by atoms with van der Waals surface area (Å²) in [5, 5.41) is 3.23. The van der Waals surface area contributed by atoms with Crippen molar-refractivity contribution in [3.63, 3.8) is 0 Å². The van der Waals surface area contributed by atoms with Gasteiger partial charge in [0.05, 0.1) is 13.2 Å². The molecule has 0 spiro atoms. The zero-order chi connectivity index (χ0) is 22.9. The number of nitrogens with zero attached hydrogens (tertiary/aromatic N) is 3. The molecule has 4 aromatic rings. The van der Waals surface area contributed by atoms with Crippen LogP contribution in [0.5, 0.6) is 0 Å². The van der Waals surface area contributed by atoms with Crippen LogP contribution in [0.1, 0.15) is 27.2 Å². The van der Waals surface area contributed by atoms with E-state index in [2.05, 4.69) is 25.3 Å². The SMILES string of the molecule is Cc1cnc(NC(=O)c2c[nH+]cc3[nH]c(-c4ccc(N5CCOCC5)cc4C(F)F)nc23)s1. The number of morpholine rings is 1. The number of aryl methyl sites for hydroxylation is 1. The molecular formula is C22H21F2N6O2S+. The molecule has 0 aliphatic carbocycles. The topological polar surface area (TPSA) is 97.3 Å². The maximum absolute atomic E-state index is 14.0. The second kappa shape index (κ2) is 8.83. The molecule has 0 atom stereocenters. The van der Waals surface area contributed by atoms with Gasteiger partial charge < -0.3 is 14.6 Å². The molecule has 11 heteroatoms. The molecule has 4 heterocycles. The Morgan fingerprint density at radius 1 is 1.30 bits per heavy atom. The lowest BCUT2D eigenvalue weighted by molar-refractivity contribution is -0.376. The van der Waals surface area contributed by atoms with Crippen LogP contribution >= 0.6 is 11.3 Å². The number of aromatic nitrogens is 4. The minimum Gasteiger partial charge on any atom is -0.378 e. The number of hydrogen-bond acceptors (Lipinski definition) is 6. The summed E-state index contributed by atoms with van der Waals surface area (Å²) in [6.45, 7) is 4.33. The molecule has 3 aromatic heterocycles. The predicted octanol–water partition coefficient (Wildman–Crippen LogP) is 3.84. The highest BCUT2D eigenvalue weighted by molar-refractivity contribution is 7.15. The monoisotopic (exact) mass is 471 g/mol. The van der Waals surface area contributed by atoms with E-state index in [1.807, 2.05) is 17.9 Å². The second-order valence-electron chi connectivity index (χ2n) is 7.62. The van der Waals surface area contributed by atoms with Crippen molar-refractivity contribution in [2.75, 3.05) is 36.5 Å². The fraction of sp³-hybridized carbons (Fsp3) is 0.273. The Bertz CT molecular complexity index is 1320. The molecular weight excluding hydrogens is 450 g/mol. The number of carbonyl (C=O) groups is 1. The van der Waals surface area contributed by atoms with Crippen LogP contribution in [0.2, 0.25) is 0 Å². The molecule has 0 unspecified atom stereocenters. The van der Waals surface area contributed by atoms with Gasteiger partial charge in [-0.15, -0.1) is 11.3 Å². The minimum absolute atomic E-state index is 0.119. The van der Waals surface area contributed by atoms with Gasteiger partial charge in [0.1, 0.15) is 22.4 Å². The number of carbonyl (C=O) groups excluding carboxylic acids is 1. The van der Waals surface area contributed by atoms with Gasteiger partial charge in [0.15, 0.2) is 17.5 Å². The number of alkyl halides is 2. The number of ether oxygens (including phenoxy) is 1. The van der Waals surface area contributed by atoms with Crippen LogP contribution in [0.4, 0.5) is 19.6 Å². The number of rotatable bonds is 5. The molecule has 1 aromatic carbocycles. The van der Waals surface area contributed by atoms with E-state index in [1.54, 1.807) is 18.5 Å². The van der Waals surface area contributed by atoms with Gasteiger partial charge >= 0.3 is 0 Å². The number of benzene rings is 1. The number of anilines is 2. The van der Waals surface area contributed by atoms with Crippen molar-refractivity contribution >= 4 is 39.1 Å². The number of thiazole rings is 1. The minimum atomic E-state index is -2.68. The van der Waals surface area contributed by atoms with Gasteiger partial charge in [-0.05, 0) is 25.1 Å². The lowest BCUT2D eigenvalue weighted by atomic mass is 10.1. The summed E-state index contributed by atoms with van der Waals surface area (Å²) in [6, 6.07) is 4.96. The number of aromatic amines is 2. The van der Waals surface area contributed by atoms with E-state index in [4.69, 9.17) is 4.74 Å². The highest BCUT2D eigenvalue weighted by Gasteiger charge is 2.23. The van der Waals surface area contributed by atoms with Gasteiger partial charge in [0.2, 0.25) is 0 Å². The average Bonchev–Trinajstić information content (AvgIpc) is 3.44. The molecule has 1 aliphatic rings. The largest absolute Gasteiger partial charge is 0.378 e. The highest BCUT2D eigenvalue weighted by Crippen LogP contribution is 2.34. The molecule has 8 nitrogen and oxygen atoms in total. The summed E-state index contributed by atoms with van der Waals surface area (Å²) in [5.74, 6) is -0.117. The predicted molar refractivity (Wildman–Crippen MR) is 121 cm³/mol. The number of H-pyrrole nitrogens is 2. The summed E-state index contributed by atoms with van der Waals surface area (Å²) in [6.07, 6.45) is 2.15. The van der Waals surface area contributed by atoms with Crippen LogP contribution in [-0.2, 0) is 4.74 Å². The molecule has 33 heavy (non-hydrogen) atoms. The first kappa shape index (κ1) is 21.4. The fourth-order valence-corrected chi connectivity index (χ4v) is 4.47. The van der Waals surface area contributed by atoms with Crippen LogP contribution in [0.3, 0.4) is 0 Å². The number of hydrogen-bond donors (Lipinski definition) is 2. The van der Waals surface area contributed by atoms with Gasteiger partial charge in [-0.3, -0.25) is 10.1 Å². The molecule has 0 bridgehead atoms. The summed E-state index contributed by atoms with van der Waals surface area (Å²) < 4.78 is 33.4. The third kappa shape index (κ3) is 4.29. The van der Waals surface area contributed by atoms with E-state index >= 15 is 0 Å². The Morgan fingerprint density at radius 3 is 2.85 bits per heavy atom. The van der Waals surface area contributed by atoms with Crippen molar-refractivity contribution in [2.24, 2.45) is 0 Å². The maximum atomic E-state index is 14.0. The smallest absolute Gasteiger partial charge is 0.265 e. The van der Waals surface area contributed by atoms with Crippen LogP contribution in [-0.4, -0.2) is 47.2 Å². The van der Waals surface area contributed by atoms with Crippen LogP contribution in [0.15, 0.2) is 36.8 Å². The summed E-state index contributed by atoms with van der Waals surface area (Å²) in [7, 11) is 0. The Kier molecular flexibility index (Phi) is 5.73. The molecule has 0 radical (unpaired) electrons. The molecule has 3 N–H and O–H groups in total. The number of nitrogens with one attached hydrogen (secondary N) is 3. The number of amides is 1. The van der Waals surface area contributed by atoms with E-state index in [1.165, 1.54) is 23.6 Å². The van der Waals surface area contributed by atoms with Crippen LogP contribution in [0.25, 0.3) is 22.4 Å². The van der Waals surface area contributed by atoms with Crippen molar-refractivity contribution in [3.05, 3.63) is 52.8 Å². The standard InChI is InChI=1S/C22H20F2N6O2S/c1-12-9-26-22(33-12)29-21(31)16-10-25-11-17-18(16)28-20(27-17)14-3-2-13(8-15(14)19(23)24)30-4-6-32-7-5-30/h2-3,8-11,19H,4-7H2,1H3,(H,27,28)(H,26,29,31)/p+1. The molecule has 1 amide bonds. The molecule has 1 saturated heterocycles. The van der Waals surface area contributed by atoms with Gasteiger partial charge in [-0.1, -0.05) is 0 Å². The van der Waals surface area contributed by atoms with Gasteiger partial charge in [-0.25, -0.2) is 23.7 Å². The van der Waals surface area contributed by atoms with Gasteiger partial charge in [-0.2, -0.15) is 0 Å². The van der Waals surface area contributed by atoms with Crippen LogP contribution in [0, 0.1) is 6.92 Å². The van der Waals surface area contributed by atoms with Crippen molar-refractivity contribution in [1.29, 1.82) is 0 Å². The highest BCUT2D eigenvalue weighted by atomic mass is 32.1. The van der Waals surface area contributed by atoms with Gasteiger partial charge in [0.25, 0.3) is 12.3 Å². The number of halogens is 2. The summed E-state index contributed by atoms with van der Waals surface area (Å²) in [4.78, 5) is 30.5. The van der Waals surface area contributed by atoms with Crippen molar-refractivity contribution in [2.45, 2.75) is 13.3 Å². The Morgan fingerprint density at radius 2 is 2.12 bits per heavy atom. The molecule has 0 saturated carbocycles. The van der Waals surface area contributed by atoms with Crippen molar-refractivity contribution < 1.29 is 23.3 Å². The van der Waals surface area contributed by atoms with Crippen molar-refractivity contribution in [3.8, 4) is 11.4 Å². The maximum Gasteiger partial charge on any atom is 0.265 e. The zero-order valence-corrected chi connectivity index (χ0v) is 18.5. The number of imidazole rings is 1. The Labute approximate surface area is 191 Å². The van der Waals surface area contributed by atoms with Crippen LogP contribution < -0.4 is 15.2 Å². The molecule has 5 rings (SSSR count). The van der Waals surface area contributed by atoms with E-state index < -0.39 is 6.43 Å². The first-order valence-corrected chi connectivity index (χ1v) is 11.2. The lowest BCUT2D eigenvalue weighted by Crippen LogP contribution is -2.36. The summed E-state index contributed by atoms with van der Waals surface area (Å²) in [5.41, 5.74) is 2.09. The van der Waals surface area contributed by atoms with E-state index in [0.29, 0.717) is 48.0 Å². The Hall–Kier alpha value is -3.44. The first-order chi connectivity index (χ1) is 16.0. The fourth-order valence-electron chi connectivity index (χ4n) is 3.82. The Balaban J connectivity index is 1.51. The molecule has 1 fully saturated rings. The normalized spacial score (nSPS) is 14.2. The third-order valence-corrected chi connectivity index (χ3v) is 6.26. The second-order valence-corrected chi connectivity index (χ2v) is 8.85. The third-order valence-electron chi connectivity index (χ3n) is 5.43. The molecule has 1 aliphatic heterocycles. The first-order valence-electron chi connectivity index (χ1n) is 10.4. The number of pyridine rings is 1.